The van der Waals surface area contributed by atoms with Gasteiger partial charge in [0.25, 0.3) is 17.8 Å². The van der Waals surface area contributed by atoms with Gasteiger partial charge >= 0.3 is 0 Å². The maximum Gasteiger partial charge on any atom is 0.292 e. The fourth-order valence-corrected chi connectivity index (χ4v) is 3.42. The Morgan fingerprint density at radius 3 is 2.79 bits per heavy atom. The van der Waals surface area contributed by atoms with Crippen molar-refractivity contribution in [2.24, 2.45) is 9.98 Å². The standard InChI is InChI=1S/C18H12BrN5O3S/c1-9-10(2)20-18(22-16(9)25)24-15(8-11(23-24)13-4-3-7-28-13)21-17(26)12-5-6-14(19)27-12/h3-8H,1H2,2H3,(H,21,26). The Bertz CT molecular complexity index is 1170. The maximum atomic E-state index is 12.5. The van der Waals surface area contributed by atoms with E-state index >= 15 is 0 Å². The second-order valence-electron chi connectivity index (χ2n) is 5.75. The average molecular weight is 458 g/mol. The van der Waals surface area contributed by atoms with Crippen LogP contribution < -0.4 is 5.32 Å². The highest BCUT2D eigenvalue weighted by Gasteiger charge is 2.23. The molecule has 3 aromatic rings. The predicted molar refractivity (Wildman–Crippen MR) is 110 cm³/mol. The minimum Gasteiger partial charge on any atom is -0.444 e. The molecule has 0 unspecified atom stereocenters. The lowest BCUT2D eigenvalue weighted by Crippen LogP contribution is -2.25. The van der Waals surface area contributed by atoms with E-state index in [2.05, 4.69) is 42.9 Å². The number of rotatable bonds is 3. The van der Waals surface area contributed by atoms with Crippen molar-refractivity contribution in [2.45, 2.75) is 6.92 Å². The summed E-state index contributed by atoms with van der Waals surface area (Å²) >= 11 is 4.66. The molecular formula is C18H12BrN5O3S. The second kappa shape index (κ2) is 7.13. The molecule has 0 radical (unpaired) electrons. The van der Waals surface area contributed by atoms with Gasteiger partial charge in [-0.2, -0.15) is 14.8 Å². The van der Waals surface area contributed by atoms with Gasteiger partial charge in [-0.1, -0.05) is 12.6 Å². The van der Waals surface area contributed by atoms with Crippen molar-refractivity contribution in [1.29, 1.82) is 0 Å². The van der Waals surface area contributed by atoms with E-state index in [0.29, 0.717) is 21.9 Å². The summed E-state index contributed by atoms with van der Waals surface area (Å²) < 4.78 is 7.04. The van der Waals surface area contributed by atoms with Gasteiger partial charge in [-0.05, 0) is 46.4 Å². The number of halogens is 1. The Balaban J connectivity index is 1.76. The van der Waals surface area contributed by atoms with Crippen LogP contribution >= 0.6 is 27.3 Å². The molecule has 140 valence electrons. The number of carbonyl (C=O) groups excluding carboxylic acids is 2. The average Bonchev–Trinajstić information content (AvgIpc) is 3.39. The van der Waals surface area contributed by atoms with Gasteiger partial charge in [0.15, 0.2) is 10.4 Å². The Morgan fingerprint density at radius 2 is 2.14 bits per heavy atom. The van der Waals surface area contributed by atoms with Crippen LogP contribution in [0.1, 0.15) is 17.5 Å². The Hall–Kier alpha value is -3.11. The fourth-order valence-electron chi connectivity index (χ4n) is 2.43. The predicted octanol–water partition coefficient (Wildman–Crippen LogP) is 3.98. The molecule has 10 heteroatoms. The summed E-state index contributed by atoms with van der Waals surface area (Å²) in [5.41, 5.74) is 1.27. The molecule has 0 atom stereocenters. The summed E-state index contributed by atoms with van der Waals surface area (Å²) in [4.78, 5) is 33.7. The summed E-state index contributed by atoms with van der Waals surface area (Å²) in [5.74, 6) is -0.502. The van der Waals surface area contributed by atoms with Crippen molar-refractivity contribution in [3.05, 3.63) is 58.3 Å². The van der Waals surface area contributed by atoms with Gasteiger partial charge in [0.05, 0.1) is 16.2 Å². The molecule has 2 amide bonds. The summed E-state index contributed by atoms with van der Waals surface area (Å²) in [6.07, 6.45) is 0. The molecule has 8 nitrogen and oxygen atoms in total. The van der Waals surface area contributed by atoms with E-state index in [-0.39, 0.29) is 17.3 Å². The van der Waals surface area contributed by atoms with Gasteiger partial charge in [-0.3, -0.25) is 9.59 Å². The number of nitrogens with zero attached hydrogens (tertiary/aromatic N) is 4. The number of nitrogens with one attached hydrogen (secondary N) is 1. The number of hydrogen-bond donors (Lipinski definition) is 1. The normalized spacial score (nSPS) is 14.1. The Labute approximate surface area is 171 Å². The molecule has 3 aromatic heterocycles. The third kappa shape index (κ3) is 3.39. The lowest BCUT2D eigenvalue weighted by atomic mass is 10.2. The number of hydrogen-bond acceptors (Lipinski definition) is 6. The number of aliphatic imine (C=N–C) groups is 2. The van der Waals surface area contributed by atoms with Crippen molar-refractivity contribution < 1.29 is 14.0 Å². The summed E-state index contributed by atoms with van der Waals surface area (Å²) in [5, 5.41) is 9.12. The van der Waals surface area contributed by atoms with Crippen LogP contribution in [0.5, 0.6) is 0 Å². The summed E-state index contributed by atoms with van der Waals surface area (Å²) in [7, 11) is 0. The Kier molecular flexibility index (Phi) is 4.65. The zero-order valence-corrected chi connectivity index (χ0v) is 16.9. The molecule has 0 fully saturated rings. The highest BCUT2D eigenvalue weighted by Crippen LogP contribution is 2.27. The van der Waals surface area contributed by atoms with Gasteiger partial charge in [0, 0.05) is 6.07 Å². The molecule has 0 saturated heterocycles. The molecule has 4 heterocycles. The zero-order chi connectivity index (χ0) is 19.8. The maximum absolute atomic E-state index is 12.5. The van der Waals surface area contributed by atoms with Crippen LogP contribution in [0.4, 0.5) is 5.82 Å². The van der Waals surface area contributed by atoms with Gasteiger partial charge in [0.1, 0.15) is 11.5 Å². The lowest BCUT2D eigenvalue weighted by Gasteiger charge is -2.12. The van der Waals surface area contributed by atoms with Gasteiger partial charge < -0.3 is 9.73 Å². The SMILES string of the molecule is C=C1C(=O)N=C(n2nc(-c3cccs3)cc2NC(=O)c2ccc(Br)o2)N=C1C. The van der Waals surface area contributed by atoms with Crippen LogP contribution in [0.2, 0.25) is 0 Å². The van der Waals surface area contributed by atoms with E-state index in [4.69, 9.17) is 4.42 Å². The number of carbonyl (C=O) groups is 2. The minimum atomic E-state index is -0.497. The Morgan fingerprint density at radius 1 is 1.32 bits per heavy atom. The summed E-state index contributed by atoms with van der Waals surface area (Å²) in [6.45, 7) is 5.32. The molecule has 1 aliphatic heterocycles. The molecule has 1 N–H and O–H groups in total. The first-order chi connectivity index (χ1) is 13.4. The van der Waals surface area contributed by atoms with E-state index in [9.17, 15) is 9.59 Å². The molecule has 0 bridgehead atoms. The van der Waals surface area contributed by atoms with Crippen LogP contribution in [0.3, 0.4) is 0 Å². The first kappa shape index (κ1) is 18.3. The molecule has 0 saturated carbocycles. The molecule has 4 rings (SSSR count). The first-order valence-electron chi connectivity index (χ1n) is 8.01. The molecule has 0 spiro atoms. The lowest BCUT2D eigenvalue weighted by molar-refractivity contribution is -0.113. The largest absolute Gasteiger partial charge is 0.444 e. The van der Waals surface area contributed by atoms with Crippen LogP contribution in [-0.2, 0) is 4.79 Å². The quantitative estimate of drug-likeness (QED) is 0.600. The van der Waals surface area contributed by atoms with E-state index in [1.165, 1.54) is 22.1 Å². The first-order valence-corrected chi connectivity index (χ1v) is 9.68. The van der Waals surface area contributed by atoms with Crippen LogP contribution in [0, 0.1) is 0 Å². The fraction of sp³-hybridized carbons (Fsp3) is 0.0556. The number of amides is 2. The monoisotopic (exact) mass is 457 g/mol. The van der Waals surface area contributed by atoms with Gasteiger partial charge in [0.2, 0.25) is 0 Å². The van der Waals surface area contributed by atoms with Gasteiger partial charge in [-0.15, -0.1) is 11.3 Å². The van der Waals surface area contributed by atoms with Crippen LogP contribution in [0.15, 0.2) is 66.9 Å². The van der Waals surface area contributed by atoms with E-state index in [1.807, 2.05) is 17.5 Å². The molecular weight excluding hydrogens is 446 g/mol. The number of aromatic nitrogens is 2. The molecule has 0 aliphatic carbocycles. The third-order valence-corrected chi connectivity index (χ3v) is 5.19. The smallest absolute Gasteiger partial charge is 0.292 e. The molecule has 0 aromatic carbocycles. The third-order valence-electron chi connectivity index (χ3n) is 3.88. The van der Waals surface area contributed by atoms with Crippen molar-refractivity contribution >= 4 is 56.6 Å². The van der Waals surface area contributed by atoms with E-state index < -0.39 is 11.8 Å². The van der Waals surface area contributed by atoms with Crippen molar-refractivity contribution in [2.75, 3.05) is 5.32 Å². The molecule has 28 heavy (non-hydrogen) atoms. The van der Waals surface area contributed by atoms with Crippen LogP contribution in [-0.4, -0.2) is 33.3 Å². The van der Waals surface area contributed by atoms with Gasteiger partial charge in [-0.25, -0.2) is 4.99 Å². The topological polar surface area (TPSA) is 102 Å². The number of anilines is 1. The highest BCUT2D eigenvalue weighted by atomic mass is 79.9. The minimum absolute atomic E-state index is 0.0497. The van der Waals surface area contributed by atoms with Crippen molar-refractivity contribution in [3.63, 3.8) is 0 Å². The van der Waals surface area contributed by atoms with Crippen molar-refractivity contribution in [3.8, 4) is 10.6 Å². The second-order valence-corrected chi connectivity index (χ2v) is 7.48. The molecule has 1 aliphatic rings. The number of furan rings is 1. The van der Waals surface area contributed by atoms with E-state index in [0.717, 1.165) is 4.88 Å². The highest BCUT2D eigenvalue weighted by molar-refractivity contribution is 9.10. The number of thiophene rings is 1. The van der Waals surface area contributed by atoms with E-state index in [1.54, 1.807) is 19.1 Å². The summed E-state index contributed by atoms with van der Waals surface area (Å²) in [6, 6.07) is 8.63. The zero-order valence-electron chi connectivity index (χ0n) is 14.5. The van der Waals surface area contributed by atoms with Crippen molar-refractivity contribution in [1.82, 2.24) is 9.78 Å². The van der Waals surface area contributed by atoms with Crippen LogP contribution in [0.25, 0.3) is 10.6 Å².